The Morgan fingerprint density at radius 1 is 1.44 bits per heavy atom. The monoisotopic (exact) mass is 253 g/mol. The number of H-pyrrole nitrogens is 1. The SMILES string of the molecule is CCN(CC(C)(C)O)C(=O)Cc1c(C)n[nH]c1C. The molecule has 1 heterocycles. The molecule has 0 saturated carbocycles. The van der Waals surface area contributed by atoms with E-state index in [0.29, 0.717) is 19.5 Å². The van der Waals surface area contributed by atoms with Crippen LogP contribution >= 0.6 is 0 Å². The van der Waals surface area contributed by atoms with E-state index in [1.807, 2.05) is 20.8 Å². The van der Waals surface area contributed by atoms with Crippen LogP contribution in [0.5, 0.6) is 0 Å². The lowest BCUT2D eigenvalue weighted by Gasteiger charge is -2.28. The van der Waals surface area contributed by atoms with Gasteiger partial charge in [-0.05, 0) is 34.6 Å². The molecule has 0 bridgehead atoms. The van der Waals surface area contributed by atoms with Gasteiger partial charge in [-0.1, -0.05) is 0 Å². The highest BCUT2D eigenvalue weighted by Gasteiger charge is 2.22. The number of amides is 1. The summed E-state index contributed by atoms with van der Waals surface area (Å²) in [7, 11) is 0. The van der Waals surface area contributed by atoms with E-state index in [4.69, 9.17) is 0 Å². The summed E-state index contributed by atoms with van der Waals surface area (Å²) in [6, 6.07) is 0. The van der Waals surface area contributed by atoms with Crippen molar-refractivity contribution in [2.24, 2.45) is 0 Å². The summed E-state index contributed by atoms with van der Waals surface area (Å²) in [4.78, 5) is 13.9. The molecule has 0 atom stereocenters. The Hall–Kier alpha value is -1.36. The molecule has 0 unspecified atom stereocenters. The fourth-order valence-corrected chi connectivity index (χ4v) is 1.94. The van der Waals surface area contributed by atoms with Crippen LogP contribution in [0.2, 0.25) is 0 Å². The summed E-state index contributed by atoms with van der Waals surface area (Å²) in [5, 5.41) is 16.8. The first-order chi connectivity index (χ1) is 8.24. The molecule has 2 N–H and O–H groups in total. The molecule has 0 radical (unpaired) electrons. The summed E-state index contributed by atoms with van der Waals surface area (Å²) in [5.41, 5.74) is 1.88. The van der Waals surface area contributed by atoms with Crippen molar-refractivity contribution in [3.8, 4) is 0 Å². The molecule has 0 saturated heterocycles. The van der Waals surface area contributed by atoms with Crippen LogP contribution in [-0.2, 0) is 11.2 Å². The number of rotatable bonds is 5. The van der Waals surface area contributed by atoms with Gasteiger partial charge in [0.25, 0.3) is 0 Å². The molecule has 0 aromatic carbocycles. The minimum atomic E-state index is -0.869. The van der Waals surface area contributed by atoms with Crippen LogP contribution in [0.25, 0.3) is 0 Å². The van der Waals surface area contributed by atoms with Crippen LogP contribution in [-0.4, -0.2) is 44.8 Å². The summed E-state index contributed by atoms with van der Waals surface area (Å²) < 4.78 is 0. The van der Waals surface area contributed by atoms with Gasteiger partial charge in [0.05, 0.1) is 17.7 Å². The fraction of sp³-hybridized carbons (Fsp3) is 0.692. The van der Waals surface area contributed by atoms with Gasteiger partial charge < -0.3 is 10.0 Å². The van der Waals surface area contributed by atoms with E-state index >= 15 is 0 Å². The maximum atomic E-state index is 12.2. The number of nitrogens with one attached hydrogen (secondary N) is 1. The van der Waals surface area contributed by atoms with Crippen molar-refractivity contribution in [1.82, 2.24) is 15.1 Å². The van der Waals surface area contributed by atoms with Crippen molar-refractivity contribution < 1.29 is 9.90 Å². The second-order valence-corrected chi connectivity index (χ2v) is 5.31. The Morgan fingerprint density at radius 3 is 2.44 bits per heavy atom. The van der Waals surface area contributed by atoms with E-state index in [9.17, 15) is 9.90 Å². The maximum Gasteiger partial charge on any atom is 0.227 e. The van der Waals surface area contributed by atoms with Crippen LogP contribution in [0.15, 0.2) is 0 Å². The van der Waals surface area contributed by atoms with Crippen molar-refractivity contribution in [2.75, 3.05) is 13.1 Å². The summed E-state index contributed by atoms with van der Waals surface area (Å²) in [5.74, 6) is 0.0206. The predicted molar refractivity (Wildman–Crippen MR) is 70.3 cm³/mol. The minimum Gasteiger partial charge on any atom is -0.389 e. The van der Waals surface area contributed by atoms with Crippen LogP contribution in [0.4, 0.5) is 0 Å². The predicted octanol–water partition coefficient (Wildman–Crippen LogP) is 1.19. The molecule has 0 aliphatic carbocycles. The van der Waals surface area contributed by atoms with Crippen molar-refractivity contribution in [3.63, 3.8) is 0 Å². The number of aliphatic hydroxyl groups is 1. The molecule has 5 nitrogen and oxygen atoms in total. The Labute approximate surface area is 108 Å². The highest BCUT2D eigenvalue weighted by Crippen LogP contribution is 2.13. The average Bonchev–Trinajstić information content (AvgIpc) is 2.56. The lowest BCUT2D eigenvalue weighted by Crippen LogP contribution is -2.42. The van der Waals surface area contributed by atoms with Crippen molar-refractivity contribution >= 4 is 5.91 Å². The smallest absolute Gasteiger partial charge is 0.227 e. The minimum absolute atomic E-state index is 0.0206. The van der Waals surface area contributed by atoms with Gasteiger partial charge in [-0.15, -0.1) is 0 Å². The number of carbonyl (C=O) groups excluding carboxylic acids is 1. The van der Waals surface area contributed by atoms with E-state index in [0.717, 1.165) is 17.0 Å². The lowest BCUT2D eigenvalue weighted by atomic mass is 10.1. The molecule has 0 aliphatic heterocycles. The van der Waals surface area contributed by atoms with Crippen LogP contribution in [0.3, 0.4) is 0 Å². The summed E-state index contributed by atoms with van der Waals surface area (Å²) in [6.45, 7) is 10.1. The molecule has 1 aromatic heterocycles. The number of carbonyl (C=O) groups is 1. The van der Waals surface area contributed by atoms with Gasteiger partial charge in [0.15, 0.2) is 0 Å². The molecule has 0 spiro atoms. The van der Waals surface area contributed by atoms with Crippen molar-refractivity contribution in [2.45, 2.75) is 46.6 Å². The molecular weight excluding hydrogens is 230 g/mol. The Bertz CT molecular complexity index is 399. The first-order valence-electron chi connectivity index (χ1n) is 6.25. The van der Waals surface area contributed by atoms with Gasteiger partial charge in [-0.2, -0.15) is 5.10 Å². The Morgan fingerprint density at radius 2 is 2.06 bits per heavy atom. The van der Waals surface area contributed by atoms with Gasteiger partial charge in [0.1, 0.15) is 0 Å². The Kier molecular flexibility index (Phi) is 4.51. The van der Waals surface area contributed by atoms with E-state index < -0.39 is 5.60 Å². The number of aromatic nitrogens is 2. The molecular formula is C13H23N3O2. The maximum absolute atomic E-state index is 12.2. The molecule has 102 valence electrons. The standard InChI is InChI=1S/C13H23N3O2/c1-6-16(8-13(4,5)18)12(17)7-11-9(2)14-15-10(11)3/h18H,6-8H2,1-5H3,(H,14,15). The molecule has 1 amide bonds. The quantitative estimate of drug-likeness (QED) is 0.828. The number of aromatic amines is 1. The van der Waals surface area contributed by atoms with Crippen LogP contribution in [0, 0.1) is 13.8 Å². The zero-order valence-corrected chi connectivity index (χ0v) is 11.9. The van der Waals surface area contributed by atoms with Gasteiger partial charge in [0, 0.05) is 24.3 Å². The highest BCUT2D eigenvalue weighted by atomic mass is 16.3. The summed E-state index contributed by atoms with van der Waals surface area (Å²) >= 11 is 0. The number of nitrogens with zero attached hydrogens (tertiary/aromatic N) is 2. The number of likely N-dealkylation sites (N-methyl/N-ethyl adjacent to an activating group) is 1. The molecule has 0 aliphatic rings. The van der Waals surface area contributed by atoms with Crippen LogP contribution < -0.4 is 0 Å². The zero-order chi connectivity index (χ0) is 13.9. The molecule has 1 rings (SSSR count). The molecule has 18 heavy (non-hydrogen) atoms. The van der Waals surface area contributed by atoms with Gasteiger partial charge >= 0.3 is 0 Å². The summed E-state index contributed by atoms with van der Waals surface area (Å²) in [6.07, 6.45) is 0.331. The fourth-order valence-electron chi connectivity index (χ4n) is 1.94. The highest BCUT2D eigenvalue weighted by molar-refractivity contribution is 5.79. The second-order valence-electron chi connectivity index (χ2n) is 5.31. The largest absolute Gasteiger partial charge is 0.389 e. The number of aryl methyl sites for hydroxylation is 2. The van der Waals surface area contributed by atoms with E-state index in [-0.39, 0.29) is 5.91 Å². The second kappa shape index (κ2) is 5.52. The van der Waals surface area contributed by atoms with E-state index in [1.54, 1.807) is 18.7 Å². The number of hydrogen-bond acceptors (Lipinski definition) is 3. The zero-order valence-electron chi connectivity index (χ0n) is 11.9. The third-order valence-corrected chi connectivity index (χ3v) is 2.92. The van der Waals surface area contributed by atoms with Crippen molar-refractivity contribution in [1.29, 1.82) is 0 Å². The first-order valence-corrected chi connectivity index (χ1v) is 6.25. The van der Waals surface area contributed by atoms with Gasteiger partial charge in [0.2, 0.25) is 5.91 Å². The topological polar surface area (TPSA) is 69.2 Å². The van der Waals surface area contributed by atoms with Crippen molar-refractivity contribution in [3.05, 3.63) is 17.0 Å². The molecule has 1 aromatic rings. The molecule has 0 fully saturated rings. The normalized spacial score (nSPS) is 11.7. The number of hydrogen-bond donors (Lipinski definition) is 2. The van der Waals surface area contributed by atoms with E-state index in [2.05, 4.69) is 10.2 Å². The van der Waals surface area contributed by atoms with Gasteiger partial charge in [-0.3, -0.25) is 9.89 Å². The van der Waals surface area contributed by atoms with Gasteiger partial charge in [-0.25, -0.2) is 0 Å². The first kappa shape index (κ1) is 14.7. The lowest BCUT2D eigenvalue weighted by molar-refractivity contribution is -0.133. The third-order valence-electron chi connectivity index (χ3n) is 2.92. The average molecular weight is 253 g/mol. The third kappa shape index (κ3) is 3.84. The Balaban J connectivity index is 2.75. The molecule has 5 heteroatoms. The van der Waals surface area contributed by atoms with E-state index in [1.165, 1.54) is 0 Å². The van der Waals surface area contributed by atoms with Crippen LogP contribution in [0.1, 0.15) is 37.7 Å².